The zero-order valence-corrected chi connectivity index (χ0v) is 41.1. The molecule has 0 radical (unpaired) electrons. The summed E-state index contributed by atoms with van der Waals surface area (Å²) in [6.07, 6.45) is 4.21. The van der Waals surface area contributed by atoms with Crippen molar-refractivity contribution < 1.29 is 50.4 Å². The molecule has 2 aliphatic heterocycles. The first kappa shape index (κ1) is 52.0. The van der Waals surface area contributed by atoms with Crippen LogP contribution >= 0.6 is 23.2 Å². The van der Waals surface area contributed by atoms with Crippen molar-refractivity contribution in [1.29, 1.82) is 0 Å². The van der Waals surface area contributed by atoms with Gasteiger partial charge in [0, 0.05) is 58.8 Å². The minimum atomic E-state index is -0.519. The molecule has 0 saturated carbocycles. The van der Waals surface area contributed by atoms with Crippen LogP contribution in [0.1, 0.15) is 78.8 Å². The fourth-order valence-electron chi connectivity index (χ4n) is 10.7. The van der Waals surface area contributed by atoms with Crippen molar-refractivity contribution in [3.63, 3.8) is 0 Å². The molecular formula is C54H56Cl2N6O10. The first-order valence-electron chi connectivity index (χ1n) is 23.3. The number of para-hydroxylation sites is 2. The Bertz CT molecular complexity index is 3130. The lowest BCUT2D eigenvalue weighted by molar-refractivity contribution is 0.225. The van der Waals surface area contributed by atoms with E-state index >= 15 is 0 Å². The Balaban J connectivity index is 0.000000167. The molecule has 0 saturated heterocycles. The number of urea groups is 1. The second-order valence-corrected chi connectivity index (χ2v) is 18.9. The predicted molar refractivity (Wildman–Crippen MR) is 276 cm³/mol. The van der Waals surface area contributed by atoms with Gasteiger partial charge in [0.2, 0.25) is 6.08 Å². The predicted octanol–water partition coefficient (Wildman–Crippen LogP) is 7.43. The second kappa shape index (κ2) is 22.2. The Labute approximate surface area is 425 Å². The van der Waals surface area contributed by atoms with Crippen LogP contribution in [0, 0.1) is 0 Å². The molecule has 10 rings (SSSR count). The van der Waals surface area contributed by atoms with Gasteiger partial charge in [0.25, 0.3) is 0 Å². The number of anilines is 3. The van der Waals surface area contributed by atoms with Crippen LogP contribution in [-0.4, -0.2) is 89.9 Å². The van der Waals surface area contributed by atoms with Crippen LogP contribution in [0.15, 0.2) is 77.8 Å². The van der Waals surface area contributed by atoms with Crippen LogP contribution in [0.2, 0.25) is 10.0 Å². The van der Waals surface area contributed by atoms with E-state index in [4.69, 9.17) is 28.9 Å². The lowest BCUT2D eigenvalue weighted by atomic mass is 9.73. The minimum Gasteiger partial charge on any atom is -0.507 e. The molecule has 2 heterocycles. The van der Waals surface area contributed by atoms with Crippen molar-refractivity contribution in [3.8, 4) is 33.8 Å². The number of nitrogens with two attached hydrogens (primary N) is 1. The average molecular weight is 1020 g/mol. The molecule has 2 atom stereocenters. The highest BCUT2D eigenvalue weighted by molar-refractivity contribution is 6.34. The molecule has 0 fully saturated rings. The topological polar surface area (TPSA) is 265 Å². The fraction of sp³-hybridized carbons (Fsp3) is 0.296. The maximum atomic E-state index is 13.0. The largest absolute Gasteiger partial charge is 0.507 e. The van der Waals surface area contributed by atoms with Gasteiger partial charge in [-0.3, -0.25) is 9.80 Å². The summed E-state index contributed by atoms with van der Waals surface area (Å²) >= 11 is 11.8. The van der Waals surface area contributed by atoms with E-state index in [-0.39, 0.29) is 62.2 Å². The quantitative estimate of drug-likeness (QED) is 0.0292. The molecule has 2 amide bonds. The lowest BCUT2D eigenvalue weighted by Gasteiger charge is -2.42. The van der Waals surface area contributed by atoms with Gasteiger partial charge in [-0.15, -0.1) is 0 Å². The highest BCUT2D eigenvalue weighted by atomic mass is 35.5. The Morgan fingerprint density at radius 3 is 1.61 bits per heavy atom. The summed E-state index contributed by atoms with van der Waals surface area (Å²) in [4.78, 5) is 30.6. The van der Waals surface area contributed by atoms with Gasteiger partial charge in [-0.1, -0.05) is 59.6 Å². The Morgan fingerprint density at radius 2 is 1.11 bits per heavy atom. The number of hydrogen-bond acceptors (Lipinski definition) is 14. The molecule has 72 heavy (non-hydrogen) atoms. The van der Waals surface area contributed by atoms with Gasteiger partial charge < -0.3 is 57.2 Å². The molecule has 376 valence electrons. The molecule has 2 aliphatic carbocycles. The van der Waals surface area contributed by atoms with Crippen molar-refractivity contribution in [2.24, 2.45) is 4.99 Å². The second-order valence-electron chi connectivity index (χ2n) is 18.1. The monoisotopic (exact) mass is 1020 g/mol. The number of aromatic hydroxyl groups is 2. The van der Waals surface area contributed by atoms with E-state index in [1.165, 1.54) is 6.08 Å². The SMILES string of the molecule is CN1CCc2cc(CO)c(CO)c3c2C1Cc1c(N)cc(CO)c(O)c1-3.CN1CCc2cc(CO)c(CO)c3c2C1Cc1c(NC(=O)Nc2ccccc2Cl)cc(CO)c(O)c1-3.O=C=Nc1ccccc1Cl. The molecule has 18 heteroatoms. The number of fused-ring (bicyclic) bond motifs is 4. The van der Waals surface area contributed by atoms with Crippen molar-refractivity contribution in [2.45, 2.75) is 77.4 Å². The van der Waals surface area contributed by atoms with Crippen LogP contribution in [0.5, 0.6) is 11.5 Å². The lowest BCUT2D eigenvalue weighted by Crippen LogP contribution is -2.36. The number of aliphatic imine (C=N–C) groups is 1. The first-order chi connectivity index (χ1) is 34.7. The Hall–Kier alpha value is -6.37. The number of isocyanates is 1. The summed E-state index contributed by atoms with van der Waals surface area (Å²) < 4.78 is 0. The number of nitrogens with one attached hydrogen (secondary N) is 2. The highest BCUT2D eigenvalue weighted by Crippen LogP contribution is 2.55. The van der Waals surface area contributed by atoms with Crippen LogP contribution < -0.4 is 16.4 Å². The summed E-state index contributed by atoms with van der Waals surface area (Å²) in [5, 5.41) is 88.5. The molecule has 4 aliphatic rings. The van der Waals surface area contributed by atoms with E-state index in [9.17, 15) is 50.4 Å². The number of carbonyl (C=O) groups excluding carboxylic acids is 2. The third kappa shape index (κ3) is 9.67. The molecule has 6 aromatic carbocycles. The maximum absolute atomic E-state index is 13.0. The Morgan fingerprint density at radius 1 is 0.639 bits per heavy atom. The molecule has 6 aromatic rings. The van der Waals surface area contributed by atoms with Crippen molar-refractivity contribution in [1.82, 2.24) is 9.80 Å². The van der Waals surface area contributed by atoms with Crippen LogP contribution in [-0.2, 0) is 70.1 Å². The van der Waals surface area contributed by atoms with Crippen molar-refractivity contribution in [3.05, 3.63) is 150 Å². The third-order valence-electron chi connectivity index (χ3n) is 14.2. The zero-order chi connectivity index (χ0) is 51.5. The smallest absolute Gasteiger partial charge is 0.323 e. The van der Waals surface area contributed by atoms with Crippen LogP contribution in [0.4, 0.5) is 27.5 Å². The molecule has 0 bridgehead atoms. The summed E-state index contributed by atoms with van der Waals surface area (Å²) in [6, 6.07) is 20.4. The van der Waals surface area contributed by atoms with Crippen LogP contribution in [0.3, 0.4) is 0 Å². The average Bonchev–Trinajstić information content (AvgIpc) is 3.38. The fourth-order valence-corrected chi connectivity index (χ4v) is 11.0. The molecule has 16 nitrogen and oxygen atoms in total. The summed E-state index contributed by atoms with van der Waals surface area (Å²) in [5.41, 5.74) is 19.5. The van der Waals surface area contributed by atoms with Crippen molar-refractivity contribution >= 4 is 58.1 Å². The van der Waals surface area contributed by atoms with E-state index in [0.29, 0.717) is 95.7 Å². The van der Waals surface area contributed by atoms with Crippen LogP contribution in [0.25, 0.3) is 22.3 Å². The number of aliphatic hydroxyl groups excluding tert-OH is 6. The molecular weight excluding hydrogens is 964 g/mol. The first-order valence-corrected chi connectivity index (χ1v) is 24.1. The molecule has 12 N–H and O–H groups in total. The molecule has 0 spiro atoms. The number of amides is 2. The van der Waals surface area contributed by atoms with Gasteiger partial charge >= 0.3 is 6.03 Å². The highest BCUT2D eigenvalue weighted by Gasteiger charge is 2.40. The van der Waals surface area contributed by atoms with Gasteiger partial charge in [-0.05, 0) is 143 Å². The third-order valence-corrected chi connectivity index (χ3v) is 14.8. The normalized spacial score (nSPS) is 16.0. The number of likely N-dealkylation sites (N-methyl/N-ethyl adjacent to an activating group) is 2. The molecule has 0 aromatic heterocycles. The van der Waals surface area contributed by atoms with Gasteiger partial charge in [0.15, 0.2) is 0 Å². The van der Waals surface area contributed by atoms with E-state index < -0.39 is 12.6 Å². The van der Waals surface area contributed by atoms with Gasteiger partial charge in [-0.2, -0.15) is 4.99 Å². The minimum absolute atomic E-state index is 0.00960. The number of rotatable bonds is 9. The van der Waals surface area contributed by atoms with Crippen molar-refractivity contribution in [2.75, 3.05) is 43.6 Å². The van der Waals surface area contributed by atoms with E-state index in [1.54, 1.807) is 60.7 Å². The zero-order valence-electron chi connectivity index (χ0n) is 39.6. The van der Waals surface area contributed by atoms with Gasteiger partial charge in [0.05, 0.1) is 61.1 Å². The van der Waals surface area contributed by atoms with Gasteiger partial charge in [-0.25, -0.2) is 9.59 Å². The van der Waals surface area contributed by atoms with E-state index in [2.05, 4.69) is 32.5 Å². The summed E-state index contributed by atoms with van der Waals surface area (Å²) in [6.45, 7) is -0.0466. The number of halogens is 2. The number of carbonyl (C=O) groups is 1. The number of aliphatic hydroxyl groups is 6. The number of benzene rings is 6. The Kier molecular flexibility index (Phi) is 16.0. The van der Waals surface area contributed by atoms with E-state index in [0.717, 1.165) is 59.3 Å². The van der Waals surface area contributed by atoms with Gasteiger partial charge in [0.1, 0.15) is 11.5 Å². The maximum Gasteiger partial charge on any atom is 0.323 e. The summed E-state index contributed by atoms with van der Waals surface area (Å²) in [5.74, 6) is -0.0846. The summed E-state index contributed by atoms with van der Waals surface area (Å²) in [7, 11) is 4.10. The number of nitrogens with zero attached hydrogens (tertiary/aromatic N) is 3. The molecule has 2 unspecified atom stereocenters. The standard InChI is InChI=1S/C27H28ClN3O5.C20H24N2O4.C7H4ClNO/c1-31-7-6-14-8-15(11-32)18(13-34)24-23(14)22(31)10-17-21(9-16(12-33)26(35)25(17)24)30-27(36)29-20-5-3-2-4-19(20)28;1-22-3-2-10-4-11(7-23)14(9-25)18-17(10)16(22)6-13-15(21)5-12(8-24)20(26)19(13)18;8-6-3-1-2-4-7(6)9-5-10/h2-5,8-9,22,32-35H,6-7,10-13H2,1H3,(H2,29,30,36);4-5,16,23-26H,2-3,6-9,21H2,1H3;1-4H. The number of hydrogen-bond donors (Lipinski definition) is 11. The number of phenols is 2. The van der Waals surface area contributed by atoms with E-state index in [1.807, 2.05) is 19.2 Å². The number of nitrogen functional groups attached to an aromatic ring is 1.